The predicted octanol–water partition coefficient (Wildman–Crippen LogP) is 0.633. The summed E-state index contributed by atoms with van der Waals surface area (Å²) in [7, 11) is 0. The van der Waals surface area contributed by atoms with Crippen LogP contribution >= 0.6 is 0 Å². The van der Waals surface area contributed by atoms with Crippen molar-refractivity contribution >= 4 is 6.79 Å². The van der Waals surface area contributed by atoms with Crippen LogP contribution in [0.4, 0.5) is 0 Å². The van der Waals surface area contributed by atoms with Gasteiger partial charge in [-0.05, 0) is 32.1 Å². The van der Waals surface area contributed by atoms with Crippen LogP contribution in [-0.2, 0) is 4.79 Å². The van der Waals surface area contributed by atoms with E-state index in [4.69, 9.17) is 10.5 Å². The highest BCUT2D eigenvalue weighted by atomic mass is 16.1. The molecule has 1 unspecified atom stereocenters. The Labute approximate surface area is 80.3 Å². The Morgan fingerprint density at radius 3 is 2.23 bits per heavy atom. The maximum absolute atomic E-state index is 8.00. The molecule has 0 bridgehead atoms. The number of carbonyl (C=O) groups is 1. The van der Waals surface area contributed by atoms with E-state index in [1.165, 1.54) is 19.4 Å². The highest BCUT2D eigenvalue weighted by Gasteiger charge is 2.53. The van der Waals surface area contributed by atoms with E-state index < -0.39 is 0 Å². The zero-order valence-electron chi connectivity index (χ0n) is 8.62. The zero-order chi connectivity index (χ0) is 10.1. The van der Waals surface area contributed by atoms with Crippen molar-refractivity contribution in [3.8, 4) is 0 Å². The van der Waals surface area contributed by atoms with Crippen molar-refractivity contribution in [2.24, 2.45) is 11.1 Å². The smallest absolute Gasteiger partial charge is 0.106 e. The molecule has 1 atom stereocenters. The number of hydrogen-bond donors (Lipinski definition) is 1. The first-order valence-electron chi connectivity index (χ1n) is 4.92. The Hall–Kier alpha value is -0.410. The van der Waals surface area contributed by atoms with Crippen molar-refractivity contribution in [1.82, 2.24) is 4.90 Å². The molecule has 2 aliphatic rings. The van der Waals surface area contributed by atoms with E-state index in [-0.39, 0.29) is 0 Å². The minimum Gasteiger partial charge on any atom is -0.326 e. The Kier molecular flexibility index (Phi) is 3.09. The Morgan fingerprint density at radius 2 is 2.00 bits per heavy atom. The van der Waals surface area contributed by atoms with E-state index in [0.29, 0.717) is 17.5 Å². The van der Waals surface area contributed by atoms with E-state index in [1.54, 1.807) is 0 Å². The van der Waals surface area contributed by atoms with E-state index >= 15 is 0 Å². The van der Waals surface area contributed by atoms with Crippen LogP contribution < -0.4 is 5.73 Å². The van der Waals surface area contributed by atoms with Gasteiger partial charge in [-0.1, -0.05) is 0 Å². The summed E-state index contributed by atoms with van der Waals surface area (Å²) in [5.41, 5.74) is 6.62. The molecule has 3 heteroatoms. The highest BCUT2D eigenvalue weighted by Crippen LogP contribution is 2.52. The van der Waals surface area contributed by atoms with Gasteiger partial charge in [-0.25, -0.2) is 0 Å². The second-order valence-electron chi connectivity index (χ2n) is 4.49. The average Bonchev–Trinajstić information content (AvgIpc) is 2.80. The van der Waals surface area contributed by atoms with Gasteiger partial charge in [-0.3, -0.25) is 4.90 Å². The molecular weight excluding hydrogens is 164 g/mol. The first-order valence-corrected chi connectivity index (χ1v) is 4.92. The second-order valence-corrected chi connectivity index (χ2v) is 4.49. The highest BCUT2D eigenvalue weighted by molar-refractivity contribution is 5.11. The minimum absolute atomic E-state index is 0.463. The van der Waals surface area contributed by atoms with Gasteiger partial charge in [0.25, 0.3) is 0 Å². The van der Waals surface area contributed by atoms with E-state index in [0.717, 1.165) is 6.54 Å². The maximum atomic E-state index is 8.00. The van der Waals surface area contributed by atoms with Crippen molar-refractivity contribution in [3.05, 3.63) is 0 Å². The van der Waals surface area contributed by atoms with Crippen LogP contribution in [-0.4, -0.2) is 36.9 Å². The van der Waals surface area contributed by atoms with Crippen molar-refractivity contribution in [2.75, 3.05) is 13.1 Å². The SMILES string of the molecule is C=O.CC(C)N1CC(N)C2(CC2)C1. The van der Waals surface area contributed by atoms with Gasteiger partial charge in [0.15, 0.2) is 0 Å². The summed E-state index contributed by atoms with van der Waals surface area (Å²) in [5, 5.41) is 0. The van der Waals surface area contributed by atoms with Crippen LogP contribution in [0, 0.1) is 5.41 Å². The monoisotopic (exact) mass is 184 g/mol. The number of carbonyl (C=O) groups excluding carboxylic acids is 1. The number of nitrogens with zero attached hydrogens (tertiary/aromatic N) is 1. The Balaban J connectivity index is 0.000000396. The summed E-state index contributed by atoms with van der Waals surface area (Å²) in [6.07, 6.45) is 2.74. The van der Waals surface area contributed by atoms with Crippen molar-refractivity contribution in [3.63, 3.8) is 0 Å². The van der Waals surface area contributed by atoms with Gasteiger partial charge in [-0.2, -0.15) is 0 Å². The first kappa shape index (κ1) is 10.7. The lowest BCUT2D eigenvalue weighted by Gasteiger charge is -2.19. The average molecular weight is 184 g/mol. The van der Waals surface area contributed by atoms with Crippen LogP contribution in [0.1, 0.15) is 26.7 Å². The summed E-state index contributed by atoms with van der Waals surface area (Å²) in [6, 6.07) is 1.14. The van der Waals surface area contributed by atoms with Crippen LogP contribution in [0.25, 0.3) is 0 Å². The van der Waals surface area contributed by atoms with Crippen LogP contribution in [0.2, 0.25) is 0 Å². The third kappa shape index (κ3) is 1.92. The quantitative estimate of drug-likeness (QED) is 0.650. The minimum atomic E-state index is 0.463. The molecule has 1 saturated carbocycles. The molecule has 76 valence electrons. The molecule has 1 spiro atoms. The fourth-order valence-electron chi connectivity index (χ4n) is 2.12. The van der Waals surface area contributed by atoms with Gasteiger partial charge >= 0.3 is 0 Å². The van der Waals surface area contributed by atoms with Gasteiger partial charge in [0.1, 0.15) is 6.79 Å². The van der Waals surface area contributed by atoms with Gasteiger partial charge in [0, 0.05) is 25.2 Å². The lowest BCUT2D eigenvalue weighted by atomic mass is 10.0. The van der Waals surface area contributed by atoms with E-state index in [9.17, 15) is 0 Å². The molecule has 1 aliphatic heterocycles. The Morgan fingerprint density at radius 1 is 1.46 bits per heavy atom. The van der Waals surface area contributed by atoms with Crippen LogP contribution in [0.15, 0.2) is 0 Å². The molecule has 1 heterocycles. The largest absolute Gasteiger partial charge is 0.326 e. The van der Waals surface area contributed by atoms with Gasteiger partial charge in [-0.15, -0.1) is 0 Å². The Bertz CT molecular complexity index is 178. The van der Waals surface area contributed by atoms with Crippen LogP contribution in [0.5, 0.6) is 0 Å². The third-order valence-electron chi connectivity index (χ3n) is 3.36. The first-order chi connectivity index (χ1) is 6.14. The molecule has 1 aliphatic carbocycles. The number of rotatable bonds is 1. The molecule has 13 heavy (non-hydrogen) atoms. The summed E-state index contributed by atoms with van der Waals surface area (Å²) < 4.78 is 0. The molecule has 0 radical (unpaired) electrons. The molecule has 2 rings (SSSR count). The van der Waals surface area contributed by atoms with Crippen molar-refractivity contribution in [1.29, 1.82) is 0 Å². The molecular formula is C10H20N2O. The topological polar surface area (TPSA) is 46.3 Å². The van der Waals surface area contributed by atoms with E-state index in [2.05, 4.69) is 18.7 Å². The molecule has 2 fully saturated rings. The molecule has 1 saturated heterocycles. The fraction of sp³-hybridized carbons (Fsp3) is 0.900. The summed E-state index contributed by atoms with van der Waals surface area (Å²) >= 11 is 0. The zero-order valence-corrected chi connectivity index (χ0v) is 8.62. The van der Waals surface area contributed by atoms with Crippen molar-refractivity contribution in [2.45, 2.75) is 38.8 Å². The normalized spacial score (nSPS) is 30.3. The van der Waals surface area contributed by atoms with Crippen LogP contribution in [0.3, 0.4) is 0 Å². The predicted molar refractivity (Wildman–Crippen MR) is 53.5 cm³/mol. The lowest BCUT2D eigenvalue weighted by Crippen LogP contribution is -2.32. The summed E-state index contributed by atoms with van der Waals surface area (Å²) in [4.78, 5) is 10.5. The number of hydrogen-bond acceptors (Lipinski definition) is 3. The molecule has 0 aromatic carbocycles. The van der Waals surface area contributed by atoms with Crippen molar-refractivity contribution < 1.29 is 4.79 Å². The number of nitrogens with two attached hydrogens (primary N) is 1. The standard InChI is InChI=1S/C9H18N2.CH2O/c1-7(2)11-5-8(10)9(6-11)3-4-9;1-2/h7-8H,3-6,10H2,1-2H3;1H2. The molecule has 0 aromatic heterocycles. The number of likely N-dealkylation sites (tertiary alicyclic amines) is 1. The molecule has 3 nitrogen and oxygen atoms in total. The lowest BCUT2D eigenvalue weighted by molar-refractivity contribution is -0.0979. The molecule has 0 aromatic rings. The maximum Gasteiger partial charge on any atom is 0.106 e. The molecule has 0 amide bonds. The fourth-order valence-corrected chi connectivity index (χ4v) is 2.12. The summed E-state index contributed by atoms with van der Waals surface area (Å²) in [6.45, 7) is 8.89. The van der Waals surface area contributed by atoms with Gasteiger partial charge in [0.05, 0.1) is 0 Å². The second kappa shape index (κ2) is 3.76. The third-order valence-corrected chi connectivity index (χ3v) is 3.36. The summed E-state index contributed by atoms with van der Waals surface area (Å²) in [5.74, 6) is 0. The van der Waals surface area contributed by atoms with Gasteiger partial charge < -0.3 is 10.5 Å². The molecule has 2 N–H and O–H groups in total. The van der Waals surface area contributed by atoms with Gasteiger partial charge in [0.2, 0.25) is 0 Å². The van der Waals surface area contributed by atoms with E-state index in [1.807, 2.05) is 6.79 Å².